The Balaban J connectivity index is 2.30. The second kappa shape index (κ2) is 6.46. The Morgan fingerprint density at radius 2 is 2.25 bits per heavy atom. The zero-order chi connectivity index (χ0) is 14.7. The van der Waals surface area contributed by atoms with Crippen LogP contribution in [0, 0.1) is 0 Å². The molecule has 0 saturated carbocycles. The van der Waals surface area contributed by atoms with Gasteiger partial charge in [0.15, 0.2) is 0 Å². The van der Waals surface area contributed by atoms with Crippen LogP contribution in [0.5, 0.6) is 0 Å². The van der Waals surface area contributed by atoms with Crippen LogP contribution in [0.3, 0.4) is 0 Å². The smallest absolute Gasteiger partial charge is 0.242 e. The quantitative estimate of drug-likeness (QED) is 0.895. The molecule has 1 aliphatic heterocycles. The van der Waals surface area contributed by atoms with E-state index < -0.39 is 0 Å². The summed E-state index contributed by atoms with van der Waals surface area (Å²) in [6.45, 7) is 8.32. The number of carbonyl (C=O) groups excluding carboxylic acids is 1. The Morgan fingerprint density at radius 3 is 2.95 bits per heavy atom. The van der Waals surface area contributed by atoms with Crippen LogP contribution in [-0.4, -0.2) is 31.1 Å². The molecule has 110 valence electrons. The summed E-state index contributed by atoms with van der Waals surface area (Å²) < 4.78 is 0. The second-order valence-electron chi connectivity index (χ2n) is 5.43. The molecule has 1 saturated heterocycles. The fourth-order valence-electron chi connectivity index (χ4n) is 2.41. The van der Waals surface area contributed by atoms with Crippen LogP contribution < -0.4 is 15.5 Å². The lowest BCUT2D eigenvalue weighted by molar-refractivity contribution is -0.122. The highest BCUT2D eigenvalue weighted by Crippen LogP contribution is 2.29. The molecule has 0 spiro atoms. The molecule has 20 heavy (non-hydrogen) atoms. The molecular weight excluding hydrogens is 274 g/mol. The van der Waals surface area contributed by atoms with Crippen LogP contribution in [0.1, 0.15) is 26.3 Å². The Labute approximate surface area is 125 Å². The number of amides is 1. The summed E-state index contributed by atoms with van der Waals surface area (Å²) in [4.78, 5) is 14.0. The number of carbonyl (C=O) groups is 1. The van der Waals surface area contributed by atoms with Gasteiger partial charge in [-0.05, 0) is 19.1 Å². The molecule has 1 fully saturated rings. The third-order valence-electron chi connectivity index (χ3n) is 3.59. The van der Waals surface area contributed by atoms with Crippen LogP contribution in [0.4, 0.5) is 5.69 Å². The monoisotopic (exact) mass is 295 g/mol. The first kappa shape index (κ1) is 15.1. The molecule has 1 aromatic carbocycles. The minimum atomic E-state index is -0.167. The Hall–Kier alpha value is -1.26. The molecule has 0 aromatic heterocycles. The normalized spacial score (nSPS) is 19.4. The van der Waals surface area contributed by atoms with E-state index in [0.717, 1.165) is 22.8 Å². The van der Waals surface area contributed by atoms with Crippen molar-refractivity contribution in [2.45, 2.75) is 39.4 Å². The predicted molar refractivity (Wildman–Crippen MR) is 83.2 cm³/mol. The molecule has 2 rings (SSSR count). The molecule has 0 bridgehead atoms. The molecule has 1 aromatic rings. The van der Waals surface area contributed by atoms with Gasteiger partial charge >= 0.3 is 0 Å². The van der Waals surface area contributed by atoms with Crippen molar-refractivity contribution in [3.05, 3.63) is 28.8 Å². The van der Waals surface area contributed by atoms with Crippen molar-refractivity contribution in [2.75, 3.05) is 18.0 Å². The van der Waals surface area contributed by atoms with Crippen molar-refractivity contribution in [3.63, 3.8) is 0 Å². The number of hydrogen-bond acceptors (Lipinski definition) is 3. The lowest BCUT2D eigenvalue weighted by Gasteiger charge is -2.36. The predicted octanol–water partition coefficient (Wildman–Crippen LogP) is 2.16. The maximum absolute atomic E-state index is 11.8. The summed E-state index contributed by atoms with van der Waals surface area (Å²) in [7, 11) is 0. The molecule has 0 aliphatic carbocycles. The van der Waals surface area contributed by atoms with Gasteiger partial charge in [0.2, 0.25) is 5.91 Å². The highest BCUT2D eigenvalue weighted by molar-refractivity contribution is 6.31. The minimum Gasteiger partial charge on any atom is -0.358 e. The van der Waals surface area contributed by atoms with Crippen molar-refractivity contribution in [1.82, 2.24) is 10.6 Å². The average molecular weight is 296 g/mol. The van der Waals surface area contributed by atoms with Gasteiger partial charge in [0.05, 0.1) is 0 Å². The lowest BCUT2D eigenvalue weighted by atomic mass is 10.1. The second-order valence-corrected chi connectivity index (χ2v) is 5.84. The van der Waals surface area contributed by atoms with Crippen LogP contribution in [0.15, 0.2) is 18.2 Å². The number of benzene rings is 1. The van der Waals surface area contributed by atoms with Gasteiger partial charge in [-0.1, -0.05) is 31.5 Å². The summed E-state index contributed by atoms with van der Waals surface area (Å²) in [5.41, 5.74) is 2.11. The van der Waals surface area contributed by atoms with Gasteiger partial charge in [0.25, 0.3) is 0 Å². The first-order chi connectivity index (χ1) is 9.50. The number of hydrogen-bond donors (Lipinski definition) is 2. The van der Waals surface area contributed by atoms with Gasteiger partial charge in [-0.15, -0.1) is 0 Å². The standard InChI is InChI=1S/C15H22ClN3O/c1-10(2)18-9-12-13(16)5-4-6-14(12)19-8-7-17-15(20)11(19)3/h4-6,10-11,18H,7-9H2,1-3H3,(H,17,20). The van der Waals surface area contributed by atoms with E-state index in [0.29, 0.717) is 19.1 Å². The fourth-order valence-corrected chi connectivity index (χ4v) is 2.65. The van der Waals surface area contributed by atoms with E-state index >= 15 is 0 Å². The van der Waals surface area contributed by atoms with Crippen LogP contribution in [0.2, 0.25) is 5.02 Å². The number of nitrogens with one attached hydrogen (secondary N) is 2. The van der Waals surface area contributed by atoms with Crippen LogP contribution >= 0.6 is 11.6 Å². The number of anilines is 1. The SMILES string of the molecule is CC(C)NCc1c(Cl)cccc1N1CCNC(=O)C1C. The van der Waals surface area contributed by atoms with E-state index in [-0.39, 0.29) is 11.9 Å². The summed E-state index contributed by atoms with van der Waals surface area (Å²) >= 11 is 6.35. The van der Waals surface area contributed by atoms with Crippen molar-refractivity contribution >= 4 is 23.2 Å². The average Bonchev–Trinajstić information content (AvgIpc) is 2.40. The van der Waals surface area contributed by atoms with Gasteiger partial charge in [-0.25, -0.2) is 0 Å². The largest absolute Gasteiger partial charge is 0.358 e. The summed E-state index contributed by atoms with van der Waals surface area (Å²) in [5, 5.41) is 7.03. The van der Waals surface area contributed by atoms with E-state index in [1.54, 1.807) is 0 Å². The highest BCUT2D eigenvalue weighted by atomic mass is 35.5. The number of nitrogens with zero attached hydrogens (tertiary/aromatic N) is 1. The molecular formula is C15H22ClN3O. The Kier molecular flexibility index (Phi) is 4.89. The van der Waals surface area contributed by atoms with E-state index in [4.69, 9.17) is 11.6 Å². The van der Waals surface area contributed by atoms with Crippen molar-refractivity contribution in [1.29, 1.82) is 0 Å². The molecule has 0 radical (unpaired) electrons. The lowest BCUT2D eigenvalue weighted by Crippen LogP contribution is -2.54. The number of rotatable bonds is 4. The molecule has 1 amide bonds. The topological polar surface area (TPSA) is 44.4 Å². The first-order valence-electron chi connectivity index (χ1n) is 7.06. The van der Waals surface area contributed by atoms with Crippen molar-refractivity contribution < 1.29 is 4.79 Å². The van der Waals surface area contributed by atoms with E-state index in [1.807, 2.05) is 25.1 Å². The molecule has 5 heteroatoms. The van der Waals surface area contributed by atoms with Crippen molar-refractivity contribution in [3.8, 4) is 0 Å². The van der Waals surface area contributed by atoms with Gasteiger partial charge in [0.1, 0.15) is 6.04 Å². The number of piperazine rings is 1. The zero-order valence-corrected chi connectivity index (χ0v) is 13.0. The third-order valence-corrected chi connectivity index (χ3v) is 3.94. The Bertz CT molecular complexity index is 490. The van der Waals surface area contributed by atoms with E-state index in [2.05, 4.69) is 29.4 Å². The fraction of sp³-hybridized carbons (Fsp3) is 0.533. The van der Waals surface area contributed by atoms with Crippen molar-refractivity contribution in [2.24, 2.45) is 0 Å². The van der Waals surface area contributed by atoms with Gasteiger partial charge < -0.3 is 15.5 Å². The van der Waals surface area contributed by atoms with E-state index in [1.165, 1.54) is 0 Å². The molecule has 4 nitrogen and oxygen atoms in total. The summed E-state index contributed by atoms with van der Waals surface area (Å²) in [5.74, 6) is 0.0685. The summed E-state index contributed by atoms with van der Waals surface area (Å²) in [6, 6.07) is 6.10. The van der Waals surface area contributed by atoms with E-state index in [9.17, 15) is 4.79 Å². The molecule has 1 aliphatic rings. The van der Waals surface area contributed by atoms with Crippen LogP contribution in [0.25, 0.3) is 0 Å². The van der Waals surface area contributed by atoms with Crippen LogP contribution in [-0.2, 0) is 11.3 Å². The maximum Gasteiger partial charge on any atom is 0.242 e. The maximum atomic E-state index is 11.8. The Morgan fingerprint density at radius 1 is 1.50 bits per heavy atom. The molecule has 1 unspecified atom stereocenters. The highest BCUT2D eigenvalue weighted by Gasteiger charge is 2.27. The zero-order valence-electron chi connectivity index (χ0n) is 12.2. The summed E-state index contributed by atoms with van der Waals surface area (Å²) in [6.07, 6.45) is 0. The molecule has 1 heterocycles. The first-order valence-corrected chi connectivity index (χ1v) is 7.43. The van der Waals surface area contributed by atoms with Gasteiger partial charge in [-0.3, -0.25) is 4.79 Å². The number of halogens is 1. The molecule has 2 N–H and O–H groups in total. The third kappa shape index (κ3) is 3.25. The minimum absolute atomic E-state index is 0.0685. The van der Waals surface area contributed by atoms with Gasteiger partial charge in [-0.2, -0.15) is 0 Å². The van der Waals surface area contributed by atoms with Gasteiger partial charge in [0, 0.05) is 41.9 Å². The molecule has 1 atom stereocenters.